The number of carbonyl (C=O) groups excluding carboxylic acids is 2. The highest BCUT2D eigenvalue weighted by molar-refractivity contribution is 6.03. The van der Waals surface area contributed by atoms with Gasteiger partial charge in [0.25, 0.3) is 0 Å². The number of nitrogens with zero attached hydrogens (tertiary/aromatic N) is 1. The zero-order valence-corrected chi connectivity index (χ0v) is 24.6. The molecular weight excluding hydrogens is 526 g/mol. The number of benzene rings is 3. The lowest BCUT2D eigenvalue weighted by atomic mass is 9.87. The van der Waals surface area contributed by atoms with Crippen molar-refractivity contribution in [2.75, 3.05) is 42.6 Å². The summed E-state index contributed by atoms with van der Waals surface area (Å²) in [6.45, 7) is 9.79. The van der Waals surface area contributed by atoms with Crippen LogP contribution in [0.15, 0.2) is 78.9 Å². The lowest BCUT2D eigenvalue weighted by Gasteiger charge is -2.27. The maximum Gasteiger partial charge on any atom is 0.248 e. The van der Waals surface area contributed by atoms with Crippen LogP contribution in [0.1, 0.15) is 49.9 Å². The standard InChI is InChI=1S/C34H41N5O3/c1-34(2,3)25-13-15-26(16-14-25)37-33(41)32(36-18-19-39-21-28-20-27(39)22-42-28)24-11-8-23(9-12-24)10-17-31(40)38-30-7-5-4-6-29(30)35/h4-17,27-28,32,36H,18-22,35H2,1-3H3,(H,37,41)(H,38,40)/b17-10+. The van der Waals surface area contributed by atoms with Crippen LogP contribution < -0.4 is 21.7 Å². The van der Waals surface area contributed by atoms with Gasteiger partial charge in [0.15, 0.2) is 0 Å². The molecule has 42 heavy (non-hydrogen) atoms. The number of rotatable bonds is 10. The fourth-order valence-electron chi connectivity index (χ4n) is 5.49. The smallest absolute Gasteiger partial charge is 0.248 e. The average Bonchev–Trinajstić information content (AvgIpc) is 3.59. The van der Waals surface area contributed by atoms with E-state index in [1.54, 1.807) is 18.2 Å². The Morgan fingerprint density at radius 1 is 1.02 bits per heavy atom. The molecule has 2 saturated heterocycles. The van der Waals surface area contributed by atoms with Crippen molar-refractivity contribution in [1.29, 1.82) is 0 Å². The first-order chi connectivity index (χ1) is 20.2. The molecule has 0 radical (unpaired) electrons. The van der Waals surface area contributed by atoms with Gasteiger partial charge in [0.05, 0.1) is 24.1 Å². The van der Waals surface area contributed by atoms with E-state index in [-0.39, 0.29) is 17.2 Å². The Labute approximate surface area is 248 Å². The molecule has 2 fully saturated rings. The Hall–Kier alpha value is -3.98. The third-order valence-corrected chi connectivity index (χ3v) is 7.96. The van der Waals surface area contributed by atoms with Crippen molar-refractivity contribution in [1.82, 2.24) is 10.2 Å². The number of hydrogen-bond acceptors (Lipinski definition) is 6. The molecule has 2 aliphatic heterocycles. The molecule has 5 rings (SSSR count). The number of nitrogens with two attached hydrogens (primary N) is 1. The maximum absolute atomic E-state index is 13.6. The molecular formula is C34H41N5O3. The minimum Gasteiger partial charge on any atom is -0.397 e. The predicted molar refractivity (Wildman–Crippen MR) is 169 cm³/mol. The van der Waals surface area contributed by atoms with Crippen molar-refractivity contribution in [3.05, 3.63) is 95.6 Å². The fourth-order valence-corrected chi connectivity index (χ4v) is 5.49. The van der Waals surface area contributed by atoms with Gasteiger partial charge in [-0.25, -0.2) is 0 Å². The number of fused-ring (bicyclic) bond motifs is 2. The molecule has 2 heterocycles. The summed E-state index contributed by atoms with van der Waals surface area (Å²) in [5.74, 6) is -0.387. The second-order valence-electron chi connectivity index (χ2n) is 12.1. The normalized spacial score (nSPS) is 19.2. The highest BCUT2D eigenvalue weighted by Crippen LogP contribution is 2.28. The summed E-state index contributed by atoms with van der Waals surface area (Å²) in [4.78, 5) is 28.4. The van der Waals surface area contributed by atoms with E-state index >= 15 is 0 Å². The lowest BCUT2D eigenvalue weighted by Crippen LogP contribution is -2.43. The van der Waals surface area contributed by atoms with Crippen molar-refractivity contribution in [2.24, 2.45) is 0 Å². The second kappa shape index (κ2) is 12.9. The highest BCUT2D eigenvalue weighted by atomic mass is 16.5. The molecule has 8 heteroatoms. The van der Waals surface area contributed by atoms with Gasteiger partial charge in [-0.3, -0.25) is 14.5 Å². The van der Waals surface area contributed by atoms with Gasteiger partial charge in [-0.05, 0) is 58.9 Å². The third kappa shape index (κ3) is 7.45. The van der Waals surface area contributed by atoms with Crippen LogP contribution in [-0.4, -0.2) is 55.1 Å². The van der Waals surface area contributed by atoms with E-state index in [4.69, 9.17) is 10.5 Å². The lowest BCUT2D eigenvalue weighted by molar-refractivity contribution is -0.118. The van der Waals surface area contributed by atoms with Gasteiger partial charge >= 0.3 is 0 Å². The van der Waals surface area contributed by atoms with Gasteiger partial charge in [-0.2, -0.15) is 0 Å². The summed E-state index contributed by atoms with van der Waals surface area (Å²) in [6.07, 6.45) is 4.65. The quantitative estimate of drug-likeness (QED) is 0.204. The summed E-state index contributed by atoms with van der Waals surface area (Å²) in [5, 5.41) is 9.38. The highest BCUT2D eigenvalue weighted by Gasteiger charge is 2.38. The van der Waals surface area contributed by atoms with E-state index in [0.717, 1.165) is 42.9 Å². The van der Waals surface area contributed by atoms with Crippen molar-refractivity contribution < 1.29 is 14.3 Å². The zero-order chi connectivity index (χ0) is 29.7. The maximum atomic E-state index is 13.6. The number of anilines is 3. The summed E-state index contributed by atoms with van der Waals surface area (Å²) >= 11 is 0. The van der Waals surface area contributed by atoms with Gasteiger partial charge in [-0.1, -0.05) is 69.3 Å². The number of ether oxygens (including phenoxy) is 1. The van der Waals surface area contributed by atoms with E-state index in [1.165, 1.54) is 11.6 Å². The Morgan fingerprint density at radius 3 is 2.40 bits per heavy atom. The Bertz CT molecular complexity index is 1410. The van der Waals surface area contributed by atoms with Crippen LogP contribution in [-0.2, 0) is 19.7 Å². The Kier molecular flexibility index (Phi) is 9.06. The first-order valence-corrected chi connectivity index (χ1v) is 14.6. The van der Waals surface area contributed by atoms with Crippen LogP contribution in [0.2, 0.25) is 0 Å². The van der Waals surface area contributed by atoms with Gasteiger partial charge in [0, 0.05) is 37.4 Å². The number of morpholine rings is 1. The molecule has 0 aromatic heterocycles. The van der Waals surface area contributed by atoms with E-state index in [0.29, 0.717) is 30.1 Å². The number of hydrogen-bond donors (Lipinski definition) is 4. The number of para-hydroxylation sites is 2. The minimum absolute atomic E-state index is 0.0401. The SMILES string of the molecule is CC(C)(C)c1ccc(NC(=O)C(NCCN2CC3CC2CO3)c2ccc(/C=C/C(=O)Nc3ccccc3N)cc2)cc1. The molecule has 0 saturated carbocycles. The molecule has 2 amide bonds. The van der Waals surface area contributed by atoms with Crippen LogP contribution in [0, 0.1) is 0 Å². The molecule has 2 bridgehead atoms. The van der Waals surface area contributed by atoms with Gasteiger partial charge in [0.1, 0.15) is 6.04 Å². The Morgan fingerprint density at radius 2 is 1.76 bits per heavy atom. The number of carbonyl (C=O) groups is 2. The van der Waals surface area contributed by atoms with Crippen LogP contribution in [0.5, 0.6) is 0 Å². The number of likely N-dealkylation sites (tertiary alicyclic amines) is 1. The molecule has 8 nitrogen and oxygen atoms in total. The van der Waals surface area contributed by atoms with Gasteiger partial charge in [-0.15, -0.1) is 0 Å². The largest absolute Gasteiger partial charge is 0.397 e. The fraction of sp³-hybridized carbons (Fsp3) is 0.353. The zero-order valence-electron chi connectivity index (χ0n) is 24.6. The summed E-state index contributed by atoms with van der Waals surface area (Å²) < 4.78 is 5.73. The summed E-state index contributed by atoms with van der Waals surface area (Å²) in [6, 6.07) is 22.8. The summed E-state index contributed by atoms with van der Waals surface area (Å²) in [7, 11) is 0. The van der Waals surface area contributed by atoms with Gasteiger partial charge < -0.3 is 26.4 Å². The average molecular weight is 568 g/mol. The number of amides is 2. The van der Waals surface area contributed by atoms with E-state index in [1.807, 2.05) is 48.5 Å². The van der Waals surface area contributed by atoms with Crippen molar-refractivity contribution in [3.63, 3.8) is 0 Å². The number of nitrogens with one attached hydrogen (secondary N) is 3. The topological polar surface area (TPSA) is 109 Å². The Balaban J connectivity index is 1.25. The minimum atomic E-state index is -0.536. The first kappa shape index (κ1) is 29.5. The molecule has 3 aromatic rings. The van der Waals surface area contributed by atoms with E-state index in [2.05, 4.69) is 53.8 Å². The molecule has 3 aromatic carbocycles. The molecule has 5 N–H and O–H groups in total. The monoisotopic (exact) mass is 567 g/mol. The van der Waals surface area contributed by atoms with Gasteiger partial charge in [0.2, 0.25) is 11.8 Å². The van der Waals surface area contributed by atoms with Crippen LogP contribution >= 0.6 is 0 Å². The molecule has 3 atom stereocenters. The molecule has 0 spiro atoms. The van der Waals surface area contributed by atoms with Crippen LogP contribution in [0.25, 0.3) is 6.08 Å². The van der Waals surface area contributed by atoms with Crippen molar-refractivity contribution in [3.8, 4) is 0 Å². The molecule has 0 aliphatic carbocycles. The van der Waals surface area contributed by atoms with E-state index in [9.17, 15) is 9.59 Å². The van der Waals surface area contributed by atoms with Crippen molar-refractivity contribution >= 4 is 35.0 Å². The third-order valence-electron chi connectivity index (χ3n) is 7.96. The van der Waals surface area contributed by atoms with Crippen molar-refractivity contribution in [2.45, 2.75) is 50.8 Å². The van der Waals surface area contributed by atoms with Crippen LogP contribution in [0.4, 0.5) is 17.1 Å². The van der Waals surface area contributed by atoms with E-state index < -0.39 is 6.04 Å². The molecule has 220 valence electrons. The molecule has 3 unspecified atom stereocenters. The summed E-state index contributed by atoms with van der Waals surface area (Å²) in [5.41, 5.74) is 10.7. The van der Waals surface area contributed by atoms with Crippen LogP contribution in [0.3, 0.4) is 0 Å². The first-order valence-electron chi connectivity index (χ1n) is 14.6. The predicted octanol–water partition coefficient (Wildman–Crippen LogP) is 4.96. The number of nitrogen functional groups attached to an aromatic ring is 1. The molecule has 2 aliphatic rings. The second-order valence-corrected chi connectivity index (χ2v) is 12.1.